The van der Waals surface area contributed by atoms with E-state index in [9.17, 15) is 26.7 Å². The second-order valence-corrected chi connectivity index (χ2v) is 11.4. The molecule has 1 aliphatic rings. The third kappa shape index (κ3) is 8.38. The highest BCUT2D eigenvalue weighted by Crippen LogP contribution is 2.42. The number of benzene rings is 2. The van der Waals surface area contributed by atoms with Gasteiger partial charge in [0.05, 0.1) is 30.9 Å². The van der Waals surface area contributed by atoms with Gasteiger partial charge in [0.15, 0.2) is 0 Å². The van der Waals surface area contributed by atoms with Gasteiger partial charge in [0.1, 0.15) is 5.75 Å². The largest absolute Gasteiger partial charge is 0.494 e. The van der Waals surface area contributed by atoms with Crippen molar-refractivity contribution in [1.29, 1.82) is 0 Å². The molecular formula is C24H30F3NO5S2. The molecule has 1 unspecified atom stereocenters. The summed E-state index contributed by atoms with van der Waals surface area (Å²) >= 11 is 1.52. The van der Waals surface area contributed by atoms with Gasteiger partial charge in [-0.15, -0.1) is 11.8 Å². The summed E-state index contributed by atoms with van der Waals surface area (Å²) in [5.74, 6) is 0.591. The Hall–Kier alpha value is -1.79. The molecule has 0 amide bonds. The lowest BCUT2D eigenvalue weighted by Gasteiger charge is -2.37. The minimum Gasteiger partial charge on any atom is -0.494 e. The van der Waals surface area contributed by atoms with Crippen molar-refractivity contribution in [3.05, 3.63) is 59.7 Å². The molecular weight excluding hydrogens is 503 g/mol. The predicted molar refractivity (Wildman–Crippen MR) is 129 cm³/mol. The number of hydrogen-bond acceptors (Lipinski definition) is 6. The van der Waals surface area contributed by atoms with Crippen LogP contribution in [-0.4, -0.2) is 54.0 Å². The molecule has 3 N–H and O–H groups in total. The number of aliphatic hydroxyl groups excluding tert-OH is 1. The summed E-state index contributed by atoms with van der Waals surface area (Å²) in [6.45, 7) is 1.99. The average molecular weight is 534 g/mol. The third-order valence-corrected chi connectivity index (χ3v) is 8.15. The first-order chi connectivity index (χ1) is 16.4. The van der Waals surface area contributed by atoms with Crippen molar-refractivity contribution in [2.45, 2.75) is 61.4 Å². The summed E-state index contributed by atoms with van der Waals surface area (Å²) < 4.78 is 75.2. The number of rotatable bonds is 10. The molecule has 6 nitrogen and oxygen atoms in total. The quantitative estimate of drug-likeness (QED) is 0.293. The fraction of sp³-hybridized carbons (Fsp3) is 0.500. The van der Waals surface area contributed by atoms with Crippen LogP contribution in [0, 0.1) is 0 Å². The van der Waals surface area contributed by atoms with Crippen molar-refractivity contribution in [2.24, 2.45) is 0 Å². The van der Waals surface area contributed by atoms with Crippen molar-refractivity contribution in [3.8, 4) is 5.75 Å². The Morgan fingerprint density at radius 2 is 1.94 bits per heavy atom. The highest BCUT2D eigenvalue weighted by atomic mass is 32.2. The lowest BCUT2D eigenvalue weighted by atomic mass is 9.86. The minimum atomic E-state index is -4.45. The standard InChI is InChI=1S/C24H30F3NO5S2/c1-2-23(14-18(29)15-24(25,26)27)16-34-21-10-9-19(33-11-6-12-35(30,31)32)13-20(21)22(28-23)17-7-4-3-5-8-17/h3-5,7-10,13,18,22,28-29H,2,6,11-12,14-16H2,1H3,(H,30,31,32)/t18?,22-,23-/m0/s1. The maximum atomic E-state index is 12.9. The number of thioether (sulfide) groups is 1. The van der Waals surface area contributed by atoms with Gasteiger partial charge in [-0.25, -0.2) is 0 Å². The van der Waals surface area contributed by atoms with Crippen molar-refractivity contribution in [2.75, 3.05) is 18.1 Å². The van der Waals surface area contributed by atoms with Gasteiger partial charge in [0.25, 0.3) is 10.1 Å². The van der Waals surface area contributed by atoms with E-state index in [1.165, 1.54) is 11.8 Å². The topological polar surface area (TPSA) is 95.9 Å². The number of halogens is 3. The number of fused-ring (bicyclic) bond motifs is 1. The van der Waals surface area contributed by atoms with E-state index in [0.717, 1.165) is 16.0 Å². The lowest BCUT2D eigenvalue weighted by Crippen LogP contribution is -2.50. The maximum Gasteiger partial charge on any atom is 0.391 e. The third-order valence-electron chi connectivity index (χ3n) is 5.97. The summed E-state index contributed by atoms with van der Waals surface area (Å²) in [5, 5.41) is 13.8. The smallest absolute Gasteiger partial charge is 0.391 e. The molecule has 2 aromatic carbocycles. The van der Waals surface area contributed by atoms with Crippen molar-refractivity contribution >= 4 is 21.9 Å². The van der Waals surface area contributed by atoms with Crippen LogP contribution in [0.2, 0.25) is 0 Å². The highest BCUT2D eigenvalue weighted by molar-refractivity contribution is 7.99. The Kier molecular flexibility index (Phi) is 9.14. The Bertz CT molecular complexity index is 1080. The van der Waals surface area contributed by atoms with Gasteiger partial charge in [0.2, 0.25) is 0 Å². The van der Waals surface area contributed by atoms with E-state index in [1.807, 2.05) is 49.4 Å². The Morgan fingerprint density at radius 3 is 2.57 bits per heavy atom. The predicted octanol–water partition coefficient (Wildman–Crippen LogP) is 4.98. The van der Waals surface area contributed by atoms with Gasteiger partial charge < -0.3 is 9.84 Å². The highest BCUT2D eigenvalue weighted by Gasteiger charge is 2.40. The van der Waals surface area contributed by atoms with Gasteiger partial charge >= 0.3 is 6.18 Å². The van der Waals surface area contributed by atoms with E-state index >= 15 is 0 Å². The number of hydrogen-bond donors (Lipinski definition) is 3. The molecule has 3 atom stereocenters. The van der Waals surface area contributed by atoms with Gasteiger partial charge in [-0.2, -0.15) is 21.6 Å². The first-order valence-electron chi connectivity index (χ1n) is 11.3. The summed E-state index contributed by atoms with van der Waals surface area (Å²) in [6.07, 6.45) is -6.64. The van der Waals surface area contributed by atoms with Crippen molar-refractivity contribution < 1.29 is 36.0 Å². The molecule has 35 heavy (non-hydrogen) atoms. The molecule has 194 valence electrons. The Balaban J connectivity index is 1.89. The Morgan fingerprint density at radius 1 is 1.23 bits per heavy atom. The van der Waals surface area contributed by atoms with Gasteiger partial charge in [0, 0.05) is 16.2 Å². The van der Waals surface area contributed by atoms with Crippen LogP contribution >= 0.6 is 11.8 Å². The number of aliphatic hydroxyl groups is 1. The zero-order valence-corrected chi connectivity index (χ0v) is 20.9. The molecule has 0 fully saturated rings. The monoisotopic (exact) mass is 533 g/mol. The first kappa shape index (κ1) is 27.8. The molecule has 0 aliphatic carbocycles. The van der Waals surface area contributed by atoms with E-state index in [-0.39, 0.29) is 25.5 Å². The number of alkyl halides is 3. The Labute approximate surface area is 208 Å². The minimum absolute atomic E-state index is 0.0493. The van der Waals surface area contributed by atoms with Crippen LogP contribution in [-0.2, 0) is 10.1 Å². The van der Waals surface area contributed by atoms with E-state index in [4.69, 9.17) is 9.29 Å². The molecule has 0 bridgehead atoms. The summed E-state index contributed by atoms with van der Waals surface area (Å²) in [7, 11) is -4.06. The van der Waals surface area contributed by atoms with Crippen LogP contribution < -0.4 is 10.1 Å². The fourth-order valence-corrected chi connectivity index (χ4v) is 6.04. The average Bonchev–Trinajstić information content (AvgIpc) is 2.93. The van der Waals surface area contributed by atoms with Gasteiger partial charge in [-0.1, -0.05) is 37.3 Å². The summed E-state index contributed by atoms with van der Waals surface area (Å²) in [5.41, 5.74) is 1.06. The maximum absolute atomic E-state index is 12.9. The van der Waals surface area contributed by atoms with Gasteiger partial charge in [-0.3, -0.25) is 9.87 Å². The molecule has 11 heteroatoms. The molecule has 0 aromatic heterocycles. The van der Waals surface area contributed by atoms with Crippen molar-refractivity contribution in [3.63, 3.8) is 0 Å². The zero-order chi connectivity index (χ0) is 25.7. The van der Waals surface area contributed by atoms with Crippen LogP contribution in [0.15, 0.2) is 53.4 Å². The molecule has 2 aromatic rings. The van der Waals surface area contributed by atoms with Crippen LogP contribution in [0.4, 0.5) is 13.2 Å². The van der Waals surface area contributed by atoms with Gasteiger partial charge in [-0.05, 0) is 48.6 Å². The number of nitrogens with one attached hydrogen (secondary N) is 1. The second-order valence-electron chi connectivity index (χ2n) is 8.78. The molecule has 1 heterocycles. The van der Waals surface area contributed by atoms with E-state index in [0.29, 0.717) is 17.9 Å². The fourth-order valence-electron chi connectivity index (χ4n) is 4.21. The SMILES string of the molecule is CC[C@]1(CC(O)CC(F)(F)F)CSc2ccc(OCCCS(=O)(=O)O)cc2[C@H](c2ccccc2)N1. The summed E-state index contributed by atoms with van der Waals surface area (Å²) in [6, 6.07) is 14.6. The van der Waals surface area contributed by atoms with E-state index < -0.39 is 40.1 Å². The molecule has 3 rings (SSSR count). The molecule has 0 spiro atoms. The zero-order valence-electron chi connectivity index (χ0n) is 19.3. The van der Waals surface area contributed by atoms with E-state index in [1.54, 1.807) is 6.07 Å². The molecule has 0 saturated carbocycles. The lowest BCUT2D eigenvalue weighted by molar-refractivity contribution is -0.155. The number of ether oxygens (including phenoxy) is 1. The van der Waals surface area contributed by atoms with Crippen LogP contribution in [0.3, 0.4) is 0 Å². The molecule has 0 saturated heterocycles. The van der Waals surface area contributed by atoms with E-state index in [2.05, 4.69) is 5.32 Å². The summed E-state index contributed by atoms with van der Waals surface area (Å²) in [4.78, 5) is 0.942. The second kappa shape index (κ2) is 11.5. The molecule has 1 aliphatic heterocycles. The molecule has 0 radical (unpaired) electrons. The normalized spacial score (nSPS) is 21.7. The van der Waals surface area contributed by atoms with Crippen LogP contribution in [0.25, 0.3) is 0 Å². The van der Waals surface area contributed by atoms with Crippen LogP contribution in [0.5, 0.6) is 5.75 Å². The van der Waals surface area contributed by atoms with Crippen LogP contribution in [0.1, 0.15) is 49.8 Å². The first-order valence-corrected chi connectivity index (χ1v) is 13.9. The van der Waals surface area contributed by atoms with Crippen molar-refractivity contribution in [1.82, 2.24) is 5.32 Å².